The zero-order valence-electron chi connectivity index (χ0n) is 19.1. The minimum Gasteiger partial charge on any atom is -0.355 e. The first-order chi connectivity index (χ1) is 16.4. The Bertz CT molecular complexity index is 1240. The lowest BCUT2D eigenvalue weighted by Gasteiger charge is -2.28. The van der Waals surface area contributed by atoms with Crippen LogP contribution in [0.15, 0.2) is 42.7 Å². The van der Waals surface area contributed by atoms with Crippen molar-refractivity contribution in [1.82, 2.24) is 19.6 Å². The van der Waals surface area contributed by atoms with E-state index < -0.39 is 5.41 Å². The molecule has 7 nitrogen and oxygen atoms in total. The molecule has 9 heteroatoms. The van der Waals surface area contributed by atoms with Crippen molar-refractivity contribution in [3.8, 4) is 0 Å². The Balaban J connectivity index is 1.43. The number of hydrogen-bond acceptors (Lipinski definition) is 5. The molecule has 2 N–H and O–H groups in total. The molecule has 2 aromatic carbocycles. The van der Waals surface area contributed by atoms with Gasteiger partial charge in [-0.25, -0.2) is 14.2 Å². The number of hydrogen-bond donors (Lipinski definition) is 2. The van der Waals surface area contributed by atoms with Crippen molar-refractivity contribution in [3.05, 3.63) is 75.8 Å². The molecule has 2 aliphatic rings. The summed E-state index contributed by atoms with van der Waals surface area (Å²) in [4.78, 5) is 31.9. The first-order valence-corrected chi connectivity index (χ1v) is 12.1. The molecule has 3 aromatic rings. The summed E-state index contributed by atoms with van der Waals surface area (Å²) in [5.41, 5.74) is 2.78. The number of amides is 3. The molecule has 0 spiro atoms. The lowest BCUT2D eigenvalue weighted by atomic mass is 9.80. The van der Waals surface area contributed by atoms with Crippen LogP contribution in [0.3, 0.4) is 0 Å². The van der Waals surface area contributed by atoms with E-state index in [1.165, 1.54) is 17.9 Å². The number of aryl methyl sites for hydroxylation is 1. The zero-order valence-corrected chi connectivity index (χ0v) is 19.9. The highest BCUT2D eigenvalue weighted by molar-refractivity contribution is 7.05. The molecule has 1 aromatic heterocycles. The molecule has 0 bridgehead atoms. The van der Waals surface area contributed by atoms with E-state index >= 15 is 0 Å². The van der Waals surface area contributed by atoms with E-state index in [0.29, 0.717) is 42.2 Å². The van der Waals surface area contributed by atoms with Gasteiger partial charge in [-0.15, -0.1) is 0 Å². The first-order valence-electron chi connectivity index (χ1n) is 11.4. The molecule has 34 heavy (non-hydrogen) atoms. The summed E-state index contributed by atoms with van der Waals surface area (Å²) in [5.74, 6) is -0.0449. The van der Waals surface area contributed by atoms with Crippen LogP contribution in [0, 0.1) is 12.7 Å². The Kier molecular flexibility index (Phi) is 5.81. The number of carbonyl (C=O) groups excluding carboxylic acids is 2. The summed E-state index contributed by atoms with van der Waals surface area (Å²) in [6, 6.07) is 10.5. The maximum Gasteiger partial charge on any atom is 0.321 e. The molecule has 1 unspecified atom stereocenters. The number of rotatable bonds is 5. The van der Waals surface area contributed by atoms with Gasteiger partial charge in [0.25, 0.3) is 5.91 Å². The largest absolute Gasteiger partial charge is 0.355 e. The maximum absolute atomic E-state index is 14.5. The summed E-state index contributed by atoms with van der Waals surface area (Å²) < 4.78 is 18.6. The van der Waals surface area contributed by atoms with E-state index in [1.54, 1.807) is 37.1 Å². The third-order valence-electron chi connectivity index (χ3n) is 6.86. The average molecular weight is 480 g/mol. The van der Waals surface area contributed by atoms with Crippen molar-refractivity contribution in [2.75, 3.05) is 25.5 Å². The van der Waals surface area contributed by atoms with Crippen LogP contribution in [0.2, 0.25) is 0 Å². The van der Waals surface area contributed by atoms with Gasteiger partial charge in [0.1, 0.15) is 17.2 Å². The van der Waals surface area contributed by atoms with Crippen LogP contribution >= 0.6 is 11.5 Å². The predicted molar refractivity (Wildman–Crippen MR) is 129 cm³/mol. The number of halogens is 1. The third-order valence-corrected chi connectivity index (χ3v) is 7.73. The standard InChI is InChI=1S/C25H26FN5O2S/c1-15-3-7-18(12-20(15)26)25(23-28-14-29-34-23)9-10-31(13-25)24(33)30-21-11-17(16-4-5-16)6-8-19(21)22(32)27-2/h3,6-8,11-12,14,16H,4-5,9-10,13H2,1-2H3,(H,27,32)(H,30,33). The molecule has 1 atom stereocenters. The number of aromatic nitrogens is 2. The Morgan fingerprint density at radius 2 is 2.03 bits per heavy atom. The van der Waals surface area contributed by atoms with E-state index in [1.807, 2.05) is 18.2 Å². The second-order valence-corrected chi connectivity index (χ2v) is 9.83. The second kappa shape index (κ2) is 8.79. The van der Waals surface area contributed by atoms with Crippen LogP contribution in [-0.4, -0.2) is 46.3 Å². The van der Waals surface area contributed by atoms with Crippen molar-refractivity contribution < 1.29 is 14.0 Å². The van der Waals surface area contributed by atoms with E-state index in [9.17, 15) is 14.0 Å². The maximum atomic E-state index is 14.5. The molecule has 0 radical (unpaired) electrons. The van der Waals surface area contributed by atoms with Gasteiger partial charge in [-0.1, -0.05) is 18.2 Å². The summed E-state index contributed by atoms with van der Waals surface area (Å²) in [6.07, 6.45) is 4.34. The molecule has 176 valence electrons. The van der Waals surface area contributed by atoms with E-state index in [4.69, 9.17) is 0 Å². The SMILES string of the molecule is CNC(=O)c1ccc(C2CC2)cc1NC(=O)N1CCC(c2ccc(C)c(F)c2)(c2ncns2)C1. The molecule has 2 fully saturated rings. The Labute approximate surface area is 201 Å². The van der Waals surface area contributed by atoms with Gasteiger partial charge in [0.05, 0.1) is 16.7 Å². The van der Waals surface area contributed by atoms with Crippen LogP contribution in [0.1, 0.15) is 57.2 Å². The van der Waals surface area contributed by atoms with Crippen molar-refractivity contribution in [2.24, 2.45) is 0 Å². The lowest BCUT2D eigenvalue weighted by molar-refractivity contribution is 0.0964. The van der Waals surface area contributed by atoms with Crippen LogP contribution in [-0.2, 0) is 5.41 Å². The van der Waals surface area contributed by atoms with E-state index in [0.717, 1.165) is 29.0 Å². The van der Waals surface area contributed by atoms with Gasteiger partial charge in [-0.3, -0.25) is 4.79 Å². The van der Waals surface area contributed by atoms with Gasteiger partial charge in [0.2, 0.25) is 0 Å². The van der Waals surface area contributed by atoms with E-state index in [-0.39, 0.29) is 17.8 Å². The van der Waals surface area contributed by atoms with Crippen molar-refractivity contribution in [3.63, 3.8) is 0 Å². The number of nitrogens with one attached hydrogen (secondary N) is 2. The number of benzene rings is 2. The van der Waals surface area contributed by atoms with Crippen LogP contribution in [0.25, 0.3) is 0 Å². The summed E-state index contributed by atoms with van der Waals surface area (Å²) in [5, 5.41) is 6.36. The number of carbonyl (C=O) groups is 2. The fourth-order valence-corrected chi connectivity index (χ4v) is 5.40. The van der Waals surface area contributed by atoms with Crippen LogP contribution < -0.4 is 10.6 Å². The van der Waals surface area contributed by atoms with Crippen LogP contribution in [0.4, 0.5) is 14.9 Å². The first kappa shape index (κ1) is 22.5. The minimum absolute atomic E-state index is 0.252. The van der Waals surface area contributed by atoms with Crippen molar-refractivity contribution in [1.29, 1.82) is 0 Å². The fraction of sp³-hybridized carbons (Fsp3) is 0.360. The zero-order chi connectivity index (χ0) is 23.9. The van der Waals surface area contributed by atoms with Gasteiger partial charge in [0, 0.05) is 20.1 Å². The smallest absolute Gasteiger partial charge is 0.321 e. The Morgan fingerprint density at radius 3 is 2.71 bits per heavy atom. The third kappa shape index (κ3) is 4.04. The predicted octanol–water partition coefficient (Wildman–Crippen LogP) is 4.45. The summed E-state index contributed by atoms with van der Waals surface area (Å²) in [6.45, 7) is 2.54. The molecule has 3 amide bonds. The molecular weight excluding hydrogens is 453 g/mol. The monoisotopic (exact) mass is 479 g/mol. The summed E-state index contributed by atoms with van der Waals surface area (Å²) in [7, 11) is 1.57. The second-order valence-electron chi connectivity index (χ2n) is 9.05. The Morgan fingerprint density at radius 1 is 1.21 bits per heavy atom. The topological polar surface area (TPSA) is 87.2 Å². The van der Waals surface area contributed by atoms with Gasteiger partial charge < -0.3 is 15.5 Å². The molecule has 2 heterocycles. The summed E-state index contributed by atoms with van der Waals surface area (Å²) >= 11 is 1.27. The van der Waals surface area contributed by atoms with Gasteiger partial charge >= 0.3 is 6.03 Å². The van der Waals surface area contributed by atoms with Gasteiger partial charge in [-0.2, -0.15) is 4.37 Å². The normalized spacial score (nSPS) is 19.8. The molecule has 1 saturated carbocycles. The number of likely N-dealkylation sites (tertiary alicyclic amines) is 1. The average Bonchev–Trinajstić information content (AvgIpc) is 3.34. The van der Waals surface area contributed by atoms with Gasteiger partial charge in [-0.05, 0) is 78.5 Å². The highest BCUT2D eigenvalue weighted by Crippen LogP contribution is 2.43. The van der Waals surface area contributed by atoms with E-state index in [2.05, 4.69) is 20.0 Å². The number of anilines is 1. The number of urea groups is 1. The Hall–Kier alpha value is -3.33. The molecule has 1 aliphatic carbocycles. The molecule has 5 rings (SSSR count). The quantitative estimate of drug-likeness (QED) is 0.566. The van der Waals surface area contributed by atoms with Crippen LogP contribution in [0.5, 0.6) is 0 Å². The minimum atomic E-state index is -0.632. The lowest BCUT2D eigenvalue weighted by Crippen LogP contribution is -2.38. The highest BCUT2D eigenvalue weighted by Gasteiger charge is 2.45. The van der Waals surface area contributed by atoms with Crippen molar-refractivity contribution in [2.45, 2.75) is 37.5 Å². The highest BCUT2D eigenvalue weighted by atomic mass is 32.1. The molecular formula is C25H26FN5O2S. The van der Waals surface area contributed by atoms with Crippen molar-refractivity contribution >= 4 is 29.2 Å². The number of nitrogens with zero attached hydrogens (tertiary/aromatic N) is 3. The molecule has 1 aliphatic heterocycles. The van der Waals surface area contributed by atoms with Gasteiger partial charge in [0.15, 0.2) is 0 Å². The fourth-order valence-electron chi connectivity index (χ4n) is 4.65. The molecule has 1 saturated heterocycles.